The summed E-state index contributed by atoms with van der Waals surface area (Å²) in [5.41, 5.74) is 0. The van der Waals surface area contributed by atoms with Crippen LogP contribution in [-0.2, 0) is 0 Å². The highest BCUT2D eigenvalue weighted by molar-refractivity contribution is 7.99. The fourth-order valence-electron chi connectivity index (χ4n) is 1.48. The standard InChI is InChI=1S/C13H20OS/c1-12(6-5-10-14)9-11-15-13-7-3-2-4-8-13/h2-4,7-8,12,14H,5-6,9-11H2,1H3/t12-/m1/s1. The minimum absolute atomic E-state index is 0.330. The van der Waals surface area contributed by atoms with Gasteiger partial charge in [-0.05, 0) is 43.1 Å². The Morgan fingerprint density at radius 1 is 1.20 bits per heavy atom. The van der Waals surface area contributed by atoms with Crippen LogP contribution in [-0.4, -0.2) is 17.5 Å². The first-order chi connectivity index (χ1) is 7.33. The summed E-state index contributed by atoms with van der Waals surface area (Å²) in [6, 6.07) is 10.5. The molecule has 0 saturated carbocycles. The van der Waals surface area contributed by atoms with Crippen LogP contribution in [0.4, 0.5) is 0 Å². The van der Waals surface area contributed by atoms with Crippen LogP contribution >= 0.6 is 11.8 Å². The number of hydrogen-bond donors (Lipinski definition) is 1. The zero-order valence-electron chi connectivity index (χ0n) is 9.36. The Hall–Kier alpha value is -0.470. The monoisotopic (exact) mass is 224 g/mol. The Bertz CT molecular complexity index is 248. The van der Waals surface area contributed by atoms with Gasteiger partial charge in [0.1, 0.15) is 0 Å². The molecule has 84 valence electrons. The molecule has 0 fully saturated rings. The van der Waals surface area contributed by atoms with Crippen LogP contribution in [0.3, 0.4) is 0 Å². The van der Waals surface area contributed by atoms with Crippen LogP contribution in [0.2, 0.25) is 0 Å². The predicted octanol–water partition coefficient (Wildman–Crippen LogP) is 3.58. The average molecular weight is 224 g/mol. The third-order valence-electron chi connectivity index (χ3n) is 2.48. The molecule has 1 aromatic carbocycles. The van der Waals surface area contributed by atoms with Crippen LogP contribution in [0.5, 0.6) is 0 Å². The lowest BCUT2D eigenvalue weighted by molar-refractivity contribution is 0.273. The number of benzene rings is 1. The topological polar surface area (TPSA) is 20.2 Å². The van der Waals surface area contributed by atoms with Gasteiger partial charge in [-0.15, -0.1) is 11.8 Å². The molecule has 1 aromatic rings. The molecule has 15 heavy (non-hydrogen) atoms. The zero-order valence-corrected chi connectivity index (χ0v) is 10.2. The van der Waals surface area contributed by atoms with Gasteiger partial charge in [-0.3, -0.25) is 0 Å². The smallest absolute Gasteiger partial charge is 0.0431 e. The zero-order chi connectivity index (χ0) is 10.9. The second-order valence-corrected chi connectivity index (χ2v) is 5.09. The van der Waals surface area contributed by atoms with Crippen LogP contribution in [0.25, 0.3) is 0 Å². The third-order valence-corrected chi connectivity index (χ3v) is 3.52. The fraction of sp³-hybridized carbons (Fsp3) is 0.538. The van der Waals surface area contributed by atoms with Gasteiger partial charge in [0.15, 0.2) is 0 Å². The molecule has 2 heteroatoms. The highest BCUT2D eigenvalue weighted by Crippen LogP contribution is 2.21. The molecule has 1 atom stereocenters. The molecule has 0 saturated heterocycles. The molecular weight excluding hydrogens is 204 g/mol. The maximum absolute atomic E-state index is 8.71. The molecule has 1 N–H and O–H groups in total. The van der Waals surface area contributed by atoms with E-state index in [4.69, 9.17) is 5.11 Å². The fourth-order valence-corrected chi connectivity index (χ4v) is 2.58. The van der Waals surface area contributed by atoms with Crippen molar-refractivity contribution < 1.29 is 5.11 Å². The van der Waals surface area contributed by atoms with E-state index in [0.29, 0.717) is 6.61 Å². The summed E-state index contributed by atoms with van der Waals surface area (Å²) in [6.45, 7) is 2.59. The quantitative estimate of drug-likeness (QED) is 0.714. The molecular formula is C13H20OS. The van der Waals surface area contributed by atoms with Crippen molar-refractivity contribution in [1.82, 2.24) is 0 Å². The van der Waals surface area contributed by atoms with Crippen LogP contribution < -0.4 is 0 Å². The van der Waals surface area contributed by atoms with E-state index in [1.165, 1.54) is 17.1 Å². The van der Waals surface area contributed by atoms with Crippen LogP contribution in [0.1, 0.15) is 26.2 Å². The molecule has 0 amide bonds. The van der Waals surface area contributed by atoms with E-state index in [9.17, 15) is 0 Å². The first-order valence-corrected chi connectivity index (χ1v) is 6.60. The van der Waals surface area contributed by atoms with Gasteiger partial charge in [0.05, 0.1) is 0 Å². The second-order valence-electron chi connectivity index (χ2n) is 3.92. The van der Waals surface area contributed by atoms with Crippen LogP contribution in [0, 0.1) is 5.92 Å². The van der Waals surface area contributed by atoms with Crippen molar-refractivity contribution in [3.8, 4) is 0 Å². The number of hydrogen-bond acceptors (Lipinski definition) is 2. The molecule has 0 aliphatic heterocycles. The van der Waals surface area contributed by atoms with E-state index >= 15 is 0 Å². The Balaban J connectivity index is 2.11. The summed E-state index contributed by atoms with van der Waals surface area (Å²) in [5, 5.41) is 8.71. The molecule has 1 rings (SSSR count). The Kier molecular flexibility index (Phi) is 6.53. The molecule has 0 aliphatic carbocycles. The molecule has 0 spiro atoms. The summed E-state index contributed by atoms with van der Waals surface area (Å²) >= 11 is 1.92. The Morgan fingerprint density at radius 2 is 1.93 bits per heavy atom. The van der Waals surface area contributed by atoms with Crippen molar-refractivity contribution in [1.29, 1.82) is 0 Å². The van der Waals surface area contributed by atoms with E-state index in [2.05, 4.69) is 31.2 Å². The summed E-state index contributed by atoms with van der Waals surface area (Å²) in [6.07, 6.45) is 3.32. The van der Waals surface area contributed by atoms with Crippen LogP contribution in [0.15, 0.2) is 35.2 Å². The molecule has 0 aromatic heterocycles. The molecule has 0 radical (unpaired) electrons. The molecule has 1 nitrogen and oxygen atoms in total. The highest BCUT2D eigenvalue weighted by Gasteiger charge is 2.01. The molecule has 0 bridgehead atoms. The third kappa shape index (κ3) is 5.85. The van der Waals surface area contributed by atoms with E-state index in [0.717, 1.165) is 18.8 Å². The van der Waals surface area contributed by atoms with Gasteiger partial charge in [-0.1, -0.05) is 25.1 Å². The van der Waals surface area contributed by atoms with Gasteiger partial charge >= 0.3 is 0 Å². The van der Waals surface area contributed by atoms with Crippen molar-refractivity contribution in [2.24, 2.45) is 5.92 Å². The number of thioether (sulfide) groups is 1. The SMILES string of the molecule is C[C@H](CCCO)CCSc1ccccc1. The van der Waals surface area contributed by atoms with Crippen molar-refractivity contribution in [3.05, 3.63) is 30.3 Å². The lowest BCUT2D eigenvalue weighted by Crippen LogP contribution is -1.98. The largest absolute Gasteiger partial charge is 0.396 e. The van der Waals surface area contributed by atoms with Gasteiger partial charge in [0, 0.05) is 11.5 Å². The normalized spacial score (nSPS) is 12.7. The summed E-state index contributed by atoms with van der Waals surface area (Å²) < 4.78 is 0. The first-order valence-electron chi connectivity index (χ1n) is 5.61. The number of aliphatic hydroxyl groups excluding tert-OH is 1. The van der Waals surface area contributed by atoms with Crippen molar-refractivity contribution in [3.63, 3.8) is 0 Å². The first kappa shape index (κ1) is 12.6. The Labute approximate surface area is 96.9 Å². The van der Waals surface area contributed by atoms with Gasteiger partial charge in [0.2, 0.25) is 0 Å². The molecule has 0 aliphatic rings. The minimum atomic E-state index is 0.330. The highest BCUT2D eigenvalue weighted by atomic mass is 32.2. The average Bonchev–Trinajstić information content (AvgIpc) is 2.28. The van der Waals surface area contributed by atoms with Gasteiger partial charge in [-0.2, -0.15) is 0 Å². The van der Waals surface area contributed by atoms with Crippen molar-refractivity contribution in [2.75, 3.05) is 12.4 Å². The summed E-state index contributed by atoms with van der Waals surface area (Å²) in [4.78, 5) is 1.35. The summed E-state index contributed by atoms with van der Waals surface area (Å²) in [5.74, 6) is 1.91. The lowest BCUT2D eigenvalue weighted by Gasteiger charge is -2.09. The molecule has 0 heterocycles. The summed E-state index contributed by atoms with van der Waals surface area (Å²) in [7, 11) is 0. The maximum atomic E-state index is 8.71. The second kappa shape index (κ2) is 7.77. The number of aliphatic hydroxyl groups is 1. The minimum Gasteiger partial charge on any atom is -0.396 e. The van der Waals surface area contributed by atoms with E-state index in [1.807, 2.05) is 17.8 Å². The van der Waals surface area contributed by atoms with E-state index in [1.54, 1.807) is 0 Å². The maximum Gasteiger partial charge on any atom is 0.0431 e. The van der Waals surface area contributed by atoms with Crippen molar-refractivity contribution >= 4 is 11.8 Å². The van der Waals surface area contributed by atoms with Gasteiger partial charge in [-0.25, -0.2) is 0 Å². The predicted molar refractivity (Wildman–Crippen MR) is 67.3 cm³/mol. The molecule has 0 unspecified atom stereocenters. The van der Waals surface area contributed by atoms with Crippen molar-refractivity contribution in [2.45, 2.75) is 31.1 Å². The lowest BCUT2D eigenvalue weighted by atomic mass is 10.0. The van der Waals surface area contributed by atoms with Gasteiger partial charge in [0.25, 0.3) is 0 Å². The van der Waals surface area contributed by atoms with E-state index in [-0.39, 0.29) is 0 Å². The van der Waals surface area contributed by atoms with Gasteiger partial charge < -0.3 is 5.11 Å². The number of rotatable bonds is 7. The van der Waals surface area contributed by atoms with E-state index < -0.39 is 0 Å². The Morgan fingerprint density at radius 3 is 2.60 bits per heavy atom.